The summed E-state index contributed by atoms with van der Waals surface area (Å²) < 4.78 is 21.0. The van der Waals surface area contributed by atoms with Gasteiger partial charge in [0.1, 0.15) is 6.61 Å². The standard InChI is InChI=1S/C4H6O6.C2H4F2O/c5-1(3(7)8)2(6)4(9)10;3-2(4)1-5/h1-2,5-6H,(H,7,8)(H,9,10);2,5H,1H2/t1-,2-;/m0./s1. The van der Waals surface area contributed by atoms with Crippen molar-refractivity contribution in [3.05, 3.63) is 0 Å². The molecule has 0 fully saturated rings. The van der Waals surface area contributed by atoms with Gasteiger partial charge in [-0.15, -0.1) is 0 Å². The molecule has 0 aliphatic rings. The van der Waals surface area contributed by atoms with Gasteiger partial charge in [0.05, 0.1) is 0 Å². The summed E-state index contributed by atoms with van der Waals surface area (Å²) in [6.07, 6.45) is -7.09. The number of carbonyl (C=O) groups is 2. The number of halogens is 2. The maximum atomic E-state index is 10.5. The summed E-state index contributed by atoms with van der Waals surface area (Å²) in [5.41, 5.74) is 0. The molecule has 0 radical (unpaired) electrons. The van der Waals surface area contributed by atoms with Crippen molar-refractivity contribution in [3.63, 3.8) is 0 Å². The molecule has 0 aromatic rings. The zero-order valence-electron chi connectivity index (χ0n) is 7.25. The van der Waals surface area contributed by atoms with E-state index in [1.54, 1.807) is 0 Å². The van der Waals surface area contributed by atoms with Crippen molar-refractivity contribution in [1.29, 1.82) is 0 Å². The molecule has 0 rings (SSSR count). The summed E-state index contributed by atoms with van der Waals surface area (Å²) >= 11 is 0. The average molecular weight is 232 g/mol. The molecule has 0 aromatic heterocycles. The molecule has 0 aliphatic heterocycles. The zero-order chi connectivity index (χ0) is 12.6. The van der Waals surface area contributed by atoms with Crippen LogP contribution in [-0.2, 0) is 9.59 Å². The molecule has 15 heavy (non-hydrogen) atoms. The van der Waals surface area contributed by atoms with Gasteiger partial charge in [-0.3, -0.25) is 0 Å². The maximum Gasteiger partial charge on any atom is 0.335 e. The average Bonchev–Trinajstić information content (AvgIpc) is 2.16. The van der Waals surface area contributed by atoms with Crippen LogP contribution in [0, 0.1) is 0 Å². The van der Waals surface area contributed by atoms with Crippen LogP contribution in [0.1, 0.15) is 0 Å². The largest absolute Gasteiger partial charge is 0.479 e. The number of rotatable bonds is 4. The fourth-order valence-corrected chi connectivity index (χ4v) is 0.270. The highest BCUT2D eigenvalue weighted by molar-refractivity contribution is 5.82. The normalized spacial score (nSPS) is 13.7. The molecule has 0 bridgehead atoms. The first kappa shape index (κ1) is 16.1. The van der Waals surface area contributed by atoms with Crippen molar-refractivity contribution in [2.45, 2.75) is 18.6 Å². The molecule has 0 aliphatic carbocycles. The topological polar surface area (TPSA) is 135 Å². The lowest BCUT2D eigenvalue weighted by Gasteiger charge is -2.07. The van der Waals surface area contributed by atoms with Crippen molar-refractivity contribution in [2.24, 2.45) is 0 Å². The highest BCUT2D eigenvalue weighted by atomic mass is 19.3. The molecule has 9 heteroatoms. The third-order valence-corrected chi connectivity index (χ3v) is 0.943. The van der Waals surface area contributed by atoms with E-state index >= 15 is 0 Å². The fourth-order valence-electron chi connectivity index (χ4n) is 0.270. The van der Waals surface area contributed by atoms with E-state index in [1.165, 1.54) is 0 Å². The molecule has 0 amide bonds. The van der Waals surface area contributed by atoms with Gasteiger partial charge in [0.25, 0.3) is 6.43 Å². The molecule has 0 unspecified atom stereocenters. The Labute approximate surface area is 82.2 Å². The number of carboxylic acids is 2. The van der Waals surface area contributed by atoms with E-state index in [9.17, 15) is 18.4 Å². The summed E-state index contributed by atoms with van der Waals surface area (Å²) in [4.78, 5) is 19.5. The van der Waals surface area contributed by atoms with Crippen LogP contribution in [0.25, 0.3) is 0 Å². The van der Waals surface area contributed by atoms with Gasteiger partial charge in [-0.1, -0.05) is 0 Å². The first-order valence-electron chi connectivity index (χ1n) is 3.44. The highest BCUT2D eigenvalue weighted by Crippen LogP contribution is 1.92. The van der Waals surface area contributed by atoms with E-state index in [2.05, 4.69) is 0 Å². The van der Waals surface area contributed by atoms with E-state index in [-0.39, 0.29) is 0 Å². The quantitative estimate of drug-likeness (QED) is 0.382. The van der Waals surface area contributed by atoms with Gasteiger partial charge >= 0.3 is 11.9 Å². The van der Waals surface area contributed by atoms with Crippen LogP contribution in [0.3, 0.4) is 0 Å². The van der Waals surface area contributed by atoms with Gasteiger partial charge in [-0.05, 0) is 0 Å². The van der Waals surface area contributed by atoms with Crippen molar-refractivity contribution in [3.8, 4) is 0 Å². The minimum atomic E-state index is -2.56. The number of aliphatic hydroxyl groups is 3. The van der Waals surface area contributed by atoms with Crippen molar-refractivity contribution >= 4 is 11.9 Å². The molecule has 0 saturated heterocycles. The van der Waals surface area contributed by atoms with Crippen molar-refractivity contribution < 1.29 is 43.9 Å². The second-order valence-corrected chi connectivity index (χ2v) is 2.14. The van der Waals surface area contributed by atoms with Crippen LogP contribution in [0.2, 0.25) is 0 Å². The second-order valence-electron chi connectivity index (χ2n) is 2.14. The second kappa shape index (κ2) is 8.03. The van der Waals surface area contributed by atoms with E-state index in [4.69, 9.17) is 25.5 Å². The molecule has 90 valence electrons. The number of aliphatic carboxylic acids is 2. The number of hydrogen-bond donors (Lipinski definition) is 5. The Morgan fingerprint density at radius 3 is 1.27 bits per heavy atom. The monoisotopic (exact) mass is 232 g/mol. The predicted molar refractivity (Wildman–Crippen MR) is 40.4 cm³/mol. The Morgan fingerprint density at radius 1 is 1.00 bits per heavy atom. The smallest absolute Gasteiger partial charge is 0.335 e. The molecule has 0 aromatic carbocycles. The Kier molecular flexibility index (Phi) is 8.63. The summed E-state index contributed by atoms with van der Waals surface area (Å²) in [6.45, 7) is -1.03. The summed E-state index contributed by atoms with van der Waals surface area (Å²) in [6, 6.07) is 0. The maximum absolute atomic E-state index is 10.5. The minimum absolute atomic E-state index is 1.03. The predicted octanol–water partition coefficient (Wildman–Crippen LogP) is -1.88. The Balaban J connectivity index is 0. The van der Waals surface area contributed by atoms with Crippen molar-refractivity contribution in [2.75, 3.05) is 6.61 Å². The number of hydrogen-bond acceptors (Lipinski definition) is 5. The summed E-state index contributed by atoms with van der Waals surface area (Å²) in [5.74, 6) is -3.54. The van der Waals surface area contributed by atoms with Crippen LogP contribution in [-0.4, -0.2) is 62.7 Å². The highest BCUT2D eigenvalue weighted by Gasteiger charge is 2.29. The van der Waals surface area contributed by atoms with Crippen molar-refractivity contribution in [1.82, 2.24) is 0 Å². The number of alkyl halides is 2. The molecule has 2 atom stereocenters. The summed E-state index contributed by atoms with van der Waals surface area (Å²) in [5, 5.41) is 39.9. The Bertz CT molecular complexity index is 190. The molecule has 0 heterocycles. The van der Waals surface area contributed by atoms with Gasteiger partial charge in [0.15, 0.2) is 12.2 Å². The molecule has 0 spiro atoms. The van der Waals surface area contributed by atoms with Crippen LogP contribution in [0.5, 0.6) is 0 Å². The third kappa shape index (κ3) is 9.00. The van der Waals surface area contributed by atoms with Gasteiger partial charge in [0, 0.05) is 0 Å². The van der Waals surface area contributed by atoms with E-state index in [1.807, 2.05) is 0 Å². The molecular formula is C6H10F2O7. The molecular weight excluding hydrogens is 222 g/mol. The number of aliphatic hydroxyl groups excluding tert-OH is 3. The lowest BCUT2D eigenvalue weighted by atomic mass is 10.2. The first-order chi connectivity index (χ1) is 6.73. The lowest BCUT2D eigenvalue weighted by Crippen LogP contribution is -2.39. The Morgan fingerprint density at radius 2 is 1.20 bits per heavy atom. The molecule has 7 nitrogen and oxygen atoms in total. The van der Waals surface area contributed by atoms with Gasteiger partial charge in [-0.25, -0.2) is 18.4 Å². The summed E-state index contributed by atoms with van der Waals surface area (Å²) in [7, 11) is 0. The van der Waals surface area contributed by atoms with E-state index in [0.29, 0.717) is 0 Å². The van der Waals surface area contributed by atoms with E-state index < -0.39 is 37.2 Å². The van der Waals surface area contributed by atoms with Gasteiger partial charge in [0.2, 0.25) is 0 Å². The zero-order valence-corrected chi connectivity index (χ0v) is 7.25. The van der Waals surface area contributed by atoms with Crippen LogP contribution < -0.4 is 0 Å². The van der Waals surface area contributed by atoms with E-state index in [0.717, 1.165) is 0 Å². The van der Waals surface area contributed by atoms with Crippen LogP contribution in [0.4, 0.5) is 8.78 Å². The van der Waals surface area contributed by atoms with Gasteiger partial charge in [-0.2, -0.15) is 0 Å². The minimum Gasteiger partial charge on any atom is -0.479 e. The Hall–Kier alpha value is -1.32. The first-order valence-corrected chi connectivity index (χ1v) is 3.44. The molecule has 5 N–H and O–H groups in total. The van der Waals surface area contributed by atoms with Gasteiger partial charge < -0.3 is 25.5 Å². The number of carboxylic acid groups (broad SMARTS) is 2. The van der Waals surface area contributed by atoms with Crippen LogP contribution in [0.15, 0.2) is 0 Å². The molecule has 0 saturated carbocycles. The third-order valence-electron chi connectivity index (χ3n) is 0.943. The fraction of sp³-hybridized carbons (Fsp3) is 0.667. The van der Waals surface area contributed by atoms with Crippen LogP contribution >= 0.6 is 0 Å². The lowest BCUT2D eigenvalue weighted by molar-refractivity contribution is -0.165. The SMILES string of the molecule is O=C(O)[C@@H](O)[C@H](O)C(=O)O.OCC(F)F.